The number of hydrogen-bond donors (Lipinski definition) is 0. The van der Waals surface area contributed by atoms with Gasteiger partial charge >= 0.3 is 35.8 Å². The Labute approximate surface area is 231 Å². The van der Waals surface area contributed by atoms with Crippen molar-refractivity contribution in [3.63, 3.8) is 0 Å². The van der Waals surface area contributed by atoms with Gasteiger partial charge in [-0.25, -0.2) is 28.8 Å². The molecular weight excluding hydrogens is 544 g/mol. The Morgan fingerprint density at radius 1 is 0.400 bits per heavy atom. The van der Waals surface area contributed by atoms with Crippen LogP contribution in [0, 0.1) is 0 Å². The second-order valence-corrected chi connectivity index (χ2v) is 11.3. The summed E-state index contributed by atoms with van der Waals surface area (Å²) in [6.45, 7) is 14.7. The van der Waals surface area contributed by atoms with E-state index in [1.807, 2.05) is 0 Å². The maximum atomic E-state index is 11.8. The summed E-state index contributed by atoms with van der Waals surface area (Å²) in [6, 6.07) is 0. The fraction of sp³-hybridized carbons (Fsp3) is 0.750. The summed E-state index contributed by atoms with van der Waals surface area (Å²) >= 11 is 0. The highest BCUT2D eigenvalue weighted by Crippen LogP contribution is 2.17. The lowest BCUT2D eigenvalue weighted by atomic mass is 10.1. The molecule has 0 aliphatic carbocycles. The topological polar surface area (TPSA) is 195 Å². The molecule has 0 bridgehead atoms. The van der Waals surface area contributed by atoms with Crippen molar-refractivity contribution < 1.29 is 77.3 Å². The van der Waals surface area contributed by atoms with E-state index in [0.717, 1.165) is 0 Å². The molecule has 230 valence electrons. The molecule has 0 atom stereocenters. The van der Waals surface area contributed by atoms with E-state index in [4.69, 9.17) is 29.0 Å². The normalized spacial score (nSPS) is 12.2. The summed E-state index contributed by atoms with van der Waals surface area (Å²) in [6.07, 6.45) is -0.126. The Hall–Kier alpha value is -3.34. The van der Waals surface area contributed by atoms with Gasteiger partial charge in [0.1, 0.15) is 22.4 Å². The maximum Gasteiger partial charge on any atom is 0.453 e. The number of ether oxygens (including phenoxy) is 2. The van der Waals surface area contributed by atoms with E-state index < -0.39 is 58.2 Å². The zero-order valence-electron chi connectivity index (χ0n) is 24.4. The number of esters is 2. The van der Waals surface area contributed by atoms with E-state index in [-0.39, 0.29) is 26.1 Å². The second kappa shape index (κ2) is 15.4. The van der Waals surface area contributed by atoms with Crippen molar-refractivity contribution in [1.82, 2.24) is 0 Å². The molecular formula is C24H38O16. The van der Waals surface area contributed by atoms with Crippen LogP contribution in [0.3, 0.4) is 0 Å². The van der Waals surface area contributed by atoms with E-state index in [2.05, 4.69) is 19.6 Å². The van der Waals surface area contributed by atoms with E-state index in [1.165, 1.54) is 27.7 Å². The molecule has 0 radical (unpaired) electrons. The highest BCUT2D eigenvalue weighted by molar-refractivity contribution is 6.30. The first-order valence-electron chi connectivity index (χ1n) is 12.0. The van der Waals surface area contributed by atoms with Crippen LogP contribution >= 0.6 is 0 Å². The minimum Gasteiger partial charge on any atom is -0.457 e. The Balaban J connectivity index is 4.38. The predicted molar refractivity (Wildman–Crippen MR) is 128 cm³/mol. The lowest BCUT2D eigenvalue weighted by Gasteiger charge is -2.23. The molecule has 0 unspecified atom stereocenters. The van der Waals surface area contributed by atoms with Gasteiger partial charge in [-0.15, -0.1) is 0 Å². The molecule has 0 N–H and O–H groups in total. The monoisotopic (exact) mass is 582 g/mol. The van der Waals surface area contributed by atoms with E-state index >= 15 is 0 Å². The first kappa shape index (κ1) is 36.7. The van der Waals surface area contributed by atoms with Gasteiger partial charge in [0, 0.05) is 12.8 Å². The zero-order chi connectivity index (χ0) is 31.4. The third kappa shape index (κ3) is 18.0. The average molecular weight is 583 g/mol. The van der Waals surface area contributed by atoms with Crippen LogP contribution in [0.5, 0.6) is 0 Å². The summed E-state index contributed by atoms with van der Waals surface area (Å²) in [5.41, 5.74) is -4.17. The van der Waals surface area contributed by atoms with Crippen LogP contribution in [0.2, 0.25) is 0 Å². The van der Waals surface area contributed by atoms with Gasteiger partial charge in [-0.3, -0.25) is 19.6 Å². The Kier molecular flexibility index (Phi) is 14.2. The molecule has 0 spiro atoms. The van der Waals surface area contributed by atoms with E-state index in [1.54, 1.807) is 41.5 Å². The lowest BCUT2D eigenvalue weighted by molar-refractivity contribution is -0.345. The average Bonchev–Trinajstić information content (AvgIpc) is 2.81. The third-order valence-electron chi connectivity index (χ3n) is 3.80. The van der Waals surface area contributed by atoms with Gasteiger partial charge in [-0.05, 0) is 69.2 Å². The smallest absolute Gasteiger partial charge is 0.453 e. The van der Waals surface area contributed by atoms with Gasteiger partial charge in [0.2, 0.25) is 0 Å². The van der Waals surface area contributed by atoms with Gasteiger partial charge in [0.25, 0.3) is 0 Å². The molecule has 0 rings (SSSR count). The SMILES string of the molecule is CC(C)(C)OOC(=O)C(=O)OCCC(C)(C)OOC(=O)C(=O)OOC(C)(C)CCOC(=O)C(=O)OOC(C)(C)C. The van der Waals surface area contributed by atoms with Crippen molar-refractivity contribution in [2.75, 3.05) is 13.2 Å². The quantitative estimate of drug-likeness (QED) is 0.140. The summed E-state index contributed by atoms with van der Waals surface area (Å²) in [5.74, 6) is -8.50. The van der Waals surface area contributed by atoms with E-state index in [9.17, 15) is 28.8 Å². The van der Waals surface area contributed by atoms with Gasteiger partial charge in [0.15, 0.2) is 0 Å². The fourth-order valence-electron chi connectivity index (χ4n) is 1.74. The molecule has 0 aromatic rings. The molecule has 0 fully saturated rings. The van der Waals surface area contributed by atoms with Gasteiger partial charge in [-0.2, -0.15) is 19.6 Å². The molecule has 0 saturated carbocycles. The van der Waals surface area contributed by atoms with Crippen LogP contribution in [0.4, 0.5) is 0 Å². The fourth-order valence-corrected chi connectivity index (χ4v) is 1.74. The molecule has 16 nitrogen and oxygen atoms in total. The van der Waals surface area contributed by atoms with E-state index in [0.29, 0.717) is 0 Å². The molecule has 0 amide bonds. The predicted octanol–water partition coefficient (Wildman–Crippen LogP) is 1.91. The van der Waals surface area contributed by atoms with Crippen molar-refractivity contribution >= 4 is 35.8 Å². The third-order valence-corrected chi connectivity index (χ3v) is 3.80. The highest BCUT2D eigenvalue weighted by atomic mass is 17.2. The van der Waals surface area contributed by atoms with Crippen LogP contribution < -0.4 is 0 Å². The summed E-state index contributed by atoms with van der Waals surface area (Å²) in [4.78, 5) is 107. The number of rotatable bonds is 12. The minimum atomic E-state index is -1.57. The first-order valence-corrected chi connectivity index (χ1v) is 12.0. The summed E-state index contributed by atoms with van der Waals surface area (Å²) in [7, 11) is 0. The molecule has 16 heteroatoms. The summed E-state index contributed by atoms with van der Waals surface area (Å²) in [5, 5.41) is 0. The number of carbonyl (C=O) groups excluding carboxylic acids is 6. The van der Waals surface area contributed by atoms with Crippen molar-refractivity contribution in [3.05, 3.63) is 0 Å². The minimum absolute atomic E-state index is 0.0629. The number of carbonyl (C=O) groups is 6. The Bertz CT molecular complexity index is 833. The largest absolute Gasteiger partial charge is 0.457 e. The van der Waals surface area contributed by atoms with Gasteiger partial charge in [0.05, 0.1) is 13.2 Å². The van der Waals surface area contributed by atoms with Crippen LogP contribution in [0.1, 0.15) is 82.1 Å². The van der Waals surface area contributed by atoms with Crippen LogP contribution in [-0.4, -0.2) is 71.4 Å². The highest BCUT2D eigenvalue weighted by Gasteiger charge is 2.31. The lowest BCUT2D eigenvalue weighted by Crippen LogP contribution is -2.34. The summed E-state index contributed by atoms with van der Waals surface area (Å²) < 4.78 is 9.46. The van der Waals surface area contributed by atoms with Crippen molar-refractivity contribution in [3.8, 4) is 0 Å². The van der Waals surface area contributed by atoms with Crippen molar-refractivity contribution in [2.24, 2.45) is 0 Å². The van der Waals surface area contributed by atoms with Crippen molar-refractivity contribution in [1.29, 1.82) is 0 Å². The van der Waals surface area contributed by atoms with Gasteiger partial charge < -0.3 is 9.47 Å². The van der Waals surface area contributed by atoms with Crippen LogP contribution in [0.15, 0.2) is 0 Å². The standard InChI is InChI=1S/C24H38O16/c1-21(2,3)37-33-17(27)15(25)31-13-11-23(7,8)39-35-19(29)20(30)36-40-24(9,10)12-14-32-16(26)18(28)34-38-22(4,5)6/h11-14H2,1-10H3. The molecule has 40 heavy (non-hydrogen) atoms. The molecule has 0 aromatic carbocycles. The Morgan fingerprint density at radius 3 is 0.925 bits per heavy atom. The molecule has 0 aromatic heterocycles. The molecule has 0 aliphatic heterocycles. The first-order chi connectivity index (χ1) is 18.0. The molecule has 0 saturated heterocycles. The zero-order valence-corrected chi connectivity index (χ0v) is 24.4. The van der Waals surface area contributed by atoms with Gasteiger partial charge in [-0.1, -0.05) is 0 Å². The van der Waals surface area contributed by atoms with Crippen LogP contribution in [-0.2, 0) is 77.3 Å². The maximum absolute atomic E-state index is 11.8. The van der Waals surface area contributed by atoms with Crippen LogP contribution in [0.25, 0.3) is 0 Å². The van der Waals surface area contributed by atoms with Crippen molar-refractivity contribution in [2.45, 2.75) is 104 Å². The second-order valence-electron chi connectivity index (χ2n) is 11.3. The molecule has 0 heterocycles. The number of hydrogen-bond acceptors (Lipinski definition) is 16. The Morgan fingerprint density at radius 2 is 0.650 bits per heavy atom. The molecule has 0 aliphatic rings.